The minimum absolute atomic E-state index is 0.124. The summed E-state index contributed by atoms with van der Waals surface area (Å²) in [6, 6.07) is 10.4. The van der Waals surface area contributed by atoms with Crippen molar-refractivity contribution >= 4 is 27.3 Å². The quantitative estimate of drug-likeness (QED) is 0.489. The number of carbonyl (C=O) groups excluding carboxylic acids is 1. The van der Waals surface area contributed by atoms with Crippen molar-refractivity contribution < 1.29 is 17.9 Å². The van der Waals surface area contributed by atoms with Gasteiger partial charge in [-0.1, -0.05) is 20.8 Å². The highest BCUT2D eigenvalue weighted by molar-refractivity contribution is 7.92. The fourth-order valence-electron chi connectivity index (χ4n) is 3.39. The van der Waals surface area contributed by atoms with E-state index in [-0.39, 0.29) is 11.3 Å². The lowest BCUT2D eigenvalue weighted by Gasteiger charge is -2.25. The van der Waals surface area contributed by atoms with Crippen LogP contribution in [0.2, 0.25) is 0 Å². The molecule has 0 saturated carbocycles. The Morgan fingerprint density at radius 3 is 2.18 bits per heavy atom. The van der Waals surface area contributed by atoms with Crippen LogP contribution in [-0.4, -0.2) is 37.2 Å². The molecule has 3 N–H and O–H groups in total. The lowest BCUT2D eigenvalue weighted by Crippen LogP contribution is -2.33. The monoisotopic (exact) mass is 486 g/mol. The number of aromatic nitrogens is 2. The average Bonchev–Trinajstić information content (AvgIpc) is 2.72. The van der Waals surface area contributed by atoms with Crippen molar-refractivity contribution in [3.63, 3.8) is 0 Å². The van der Waals surface area contributed by atoms with E-state index in [1.54, 1.807) is 18.2 Å². The summed E-state index contributed by atoms with van der Waals surface area (Å²) < 4.78 is 31.6. The van der Waals surface area contributed by atoms with Gasteiger partial charge in [0, 0.05) is 29.2 Å². The maximum Gasteiger partial charge on any atom is 0.332 e. The molecule has 1 heterocycles. The van der Waals surface area contributed by atoms with Crippen LogP contribution in [0.4, 0.5) is 11.4 Å². The molecular formula is C23H26N4O6S. The smallest absolute Gasteiger partial charge is 0.332 e. The van der Waals surface area contributed by atoms with Crippen LogP contribution in [0.3, 0.4) is 0 Å². The van der Waals surface area contributed by atoms with Gasteiger partial charge in [0.2, 0.25) is 10.0 Å². The first-order valence-electron chi connectivity index (χ1n) is 10.2. The second-order valence-electron chi connectivity index (χ2n) is 8.69. The Hall–Kier alpha value is -3.86. The summed E-state index contributed by atoms with van der Waals surface area (Å²) in [5, 5.41) is 2.74. The van der Waals surface area contributed by atoms with Crippen molar-refractivity contribution in [3.8, 4) is 11.4 Å². The van der Waals surface area contributed by atoms with Crippen molar-refractivity contribution in [1.82, 2.24) is 9.55 Å². The average molecular weight is 487 g/mol. The Balaban J connectivity index is 2.10. The topological polar surface area (TPSA) is 139 Å². The van der Waals surface area contributed by atoms with Gasteiger partial charge in [0.05, 0.1) is 24.6 Å². The highest BCUT2D eigenvalue weighted by atomic mass is 32.2. The Kier molecular flexibility index (Phi) is 6.69. The molecule has 1 amide bonds. The van der Waals surface area contributed by atoms with E-state index in [2.05, 4.69) is 15.0 Å². The molecule has 0 saturated heterocycles. The minimum Gasteiger partial charge on any atom is -0.496 e. The molecule has 0 aliphatic carbocycles. The second-order valence-corrected chi connectivity index (χ2v) is 10.4. The SMILES string of the molecule is COc1c(C(=O)Nc2ccc(NS(C)(=O)=O)cc2)cc(-n2c(=O)cc[nH]c2=O)cc1C(C)(C)C. The number of anilines is 2. The van der Waals surface area contributed by atoms with Crippen molar-refractivity contribution in [2.45, 2.75) is 26.2 Å². The van der Waals surface area contributed by atoms with Crippen LogP contribution in [0.15, 0.2) is 58.3 Å². The molecule has 0 radical (unpaired) electrons. The van der Waals surface area contributed by atoms with E-state index >= 15 is 0 Å². The Morgan fingerprint density at radius 2 is 1.65 bits per heavy atom. The first-order valence-corrected chi connectivity index (χ1v) is 12.1. The van der Waals surface area contributed by atoms with E-state index < -0.39 is 32.6 Å². The molecule has 0 aliphatic rings. The van der Waals surface area contributed by atoms with Crippen LogP contribution < -0.4 is 26.0 Å². The van der Waals surface area contributed by atoms with Gasteiger partial charge < -0.3 is 15.0 Å². The summed E-state index contributed by atoms with van der Waals surface area (Å²) in [6.45, 7) is 5.76. The van der Waals surface area contributed by atoms with Crippen molar-refractivity contribution in [2.24, 2.45) is 0 Å². The summed E-state index contributed by atoms with van der Waals surface area (Å²) in [5.74, 6) is -0.224. The number of rotatable bonds is 6. The van der Waals surface area contributed by atoms with E-state index in [0.29, 0.717) is 22.7 Å². The maximum absolute atomic E-state index is 13.3. The molecule has 0 bridgehead atoms. The molecule has 34 heavy (non-hydrogen) atoms. The number of ether oxygens (including phenoxy) is 1. The van der Waals surface area contributed by atoms with E-state index in [1.165, 1.54) is 37.6 Å². The van der Waals surface area contributed by atoms with Gasteiger partial charge in [-0.05, 0) is 41.8 Å². The zero-order valence-corrected chi connectivity index (χ0v) is 20.2. The van der Waals surface area contributed by atoms with Crippen LogP contribution >= 0.6 is 0 Å². The minimum atomic E-state index is -3.43. The third-order valence-electron chi connectivity index (χ3n) is 4.89. The molecule has 3 aromatic rings. The zero-order chi connectivity index (χ0) is 25.3. The second kappa shape index (κ2) is 9.18. The van der Waals surface area contributed by atoms with Crippen LogP contribution in [0, 0.1) is 0 Å². The number of carbonyl (C=O) groups is 1. The summed E-state index contributed by atoms with van der Waals surface area (Å²) in [7, 11) is -1.99. The first-order chi connectivity index (χ1) is 15.8. The van der Waals surface area contributed by atoms with E-state index in [4.69, 9.17) is 4.74 Å². The van der Waals surface area contributed by atoms with Gasteiger partial charge in [-0.15, -0.1) is 0 Å². The molecule has 0 fully saturated rings. The molecule has 0 spiro atoms. The maximum atomic E-state index is 13.3. The number of hydrogen-bond acceptors (Lipinski definition) is 6. The van der Waals surface area contributed by atoms with Crippen LogP contribution in [0.5, 0.6) is 5.75 Å². The van der Waals surface area contributed by atoms with Gasteiger partial charge in [-0.25, -0.2) is 17.8 Å². The molecule has 0 unspecified atom stereocenters. The largest absolute Gasteiger partial charge is 0.496 e. The number of H-pyrrole nitrogens is 1. The third-order valence-corrected chi connectivity index (χ3v) is 5.50. The zero-order valence-electron chi connectivity index (χ0n) is 19.4. The number of benzene rings is 2. The number of sulfonamides is 1. The molecule has 10 nitrogen and oxygen atoms in total. The van der Waals surface area contributed by atoms with Crippen molar-refractivity contribution in [3.05, 3.63) is 80.6 Å². The number of methoxy groups -OCH3 is 1. The number of amides is 1. The highest BCUT2D eigenvalue weighted by Gasteiger charge is 2.26. The Labute approximate surface area is 196 Å². The Morgan fingerprint density at radius 1 is 1.03 bits per heavy atom. The normalized spacial score (nSPS) is 11.7. The van der Waals surface area contributed by atoms with E-state index in [0.717, 1.165) is 10.8 Å². The molecule has 11 heteroatoms. The Bertz CT molecular complexity index is 1420. The lowest BCUT2D eigenvalue weighted by molar-refractivity contribution is 0.102. The van der Waals surface area contributed by atoms with Gasteiger partial charge in [0.25, 0.3) is 11.5 Å². The molecular weight excluding hydrogens is 460 g/mol. The molecule has 1 aromatic heterocycles. The first kappa shape index (κ1) is 24.8. The molecule has 3 rings (SSSR count). The van der Waals surface area contributed by atoms with E-state index in [9.17, 15) is 22.8 Å². The van der Waals surface area contributed by atoms with Crippen LogP contribution in [0.25, 0.3) is 5.69 Å². The fourth-order valence-corrected chi connectivity index (χ4v) is 3.95. The number of hydrogen-bond donors (Lipinski definition) is 3. The van der Waals surface area contributed by atoms with Gasteiger partial charge in [-0.3, -0.25) is 14.3 Å². The van der Waals surface area contributed by atoms with Gasteiger partial charge in [0.15, 0.2) is 0 Å². The summed E-state index contributed by atoms with van der Waals surface area (Å²) in [4.78, 5) is 40.5. The van der Waals surface area contributed by atoms with E-state index in [1.807, 2.05) is 20.8 Å². The fraction of sp³-hybridized carbons (Fsp3) is 0.261. The van der Waals surface area contributed by atoms with Crippen molar-refractivity contribution in [1.29, 1.82) is 0 Å². The van der Waals surface area contributed by atoms with Crippen molar-refractivity contribution in [2.75, 3.05) is 23.4 Å². The lowest BCUT2D eigenvalue weighted by atomic mass is 9.84. The predicted octanol–water partition coefficient (Wildman–Crippen LogP) is 2.46. The number of nitrogens with zero attached hydrogens (tertiary/aromatic N) is 1. The summed E-state index contributed by atoms with van der Waals surface area (Å²) >= 11 is 0. The highest BCUT2D eigenvalue weighted by Crippen LogP contribution is 2.36. The van der Waals surface area contributed by atoms with Gasteiger partial charge in [-0.2, -0.15) is 0 Å². The van der Waals surface area contributed by atoms with Crippen LogP contribution in [-0.2, 0) is 15.4 Å². The van der Waals surface area contributed by atoms with Gasteiger partial charge in [0.1, 0.15) is 5.75 Å². The third kappa shape index (κ3) is 5.54. The predicted molar refractivity (Wildman–Crippen MR) is 131 cm³/mol. The standard InChI is InChI=1S/C23H26N4O6S/c1-23(2,3)18-13-16(27-19(28)10-11-24-22(27)30)12-17(20(18)33-4)21(29)25-14-6-8-15(9-7-14)26-34(5,31)32/h6-13,26H,1-5H3,(H,24,30)(H,25,29). The summed E-state index contributed by atoms with van der Waals surface area (Å²) in [6.07, 6.45) is 2.29. The number of nitrogens with one attached hydrogen (secondary N) is 3. The van der Waals surface area contributed by atoms with Gasteiger partial charge >= 0.3 is 5.69 Å². The summed E-state index contributed by atoms with van der Waals surface area (Å²) in [5.41, 5.74) is 0.0446. The molecule has 0 aliphatic heterocycles. The molecule has 2 aromatic carbocycles. The molecule has 180 valence electrons. The molecule has 0 atom stereocenters. The van der Waals surface area contributed by atoms with Crippen LogP contribution in [0.1, 0.15) is 36.7 Å². The number of aromatic amines is 1.